The topological polar surface area (TPSA) is 20.2 Å². The lowest BCUT2D eigenvalue weighted by molar-refractivity contribution is -0.909. The van der Waals surface area contributed by atoms with Gasteiger partial charge in [-0.15, -0.1) is 0 Å². The molecule has 2 nitrogen and oxygen atoms in total. The van der Waals surface area contributed by atoms with Crippen molar-refractivity contribution in [2.45, 2.75) is 90.4 Å². The molecule has 1 N–H and O–H groups in total. The Morgan fingerprint density at radius 1 is 0.619 bits per heavy atom. The highest BCUT2D eigenvalue weighted by atomic mass is 35.5. The van der Waals surface area contributed by atoms with Gasteiger partial charge in [-0.3, -0.25) is 0 Å². The molecule has 0 unspecified atom stereocenters. The molecule has 0 amide bonds. The summed E-state index contributed by atoms with van der Waals surface area (Å²) in [5.41, 5.74) is 0. The van der Waals surface area contributed by atoms with Gasteiger partial charge in [0.25, 0.3) is 0 Å². The van der Waals surface area contributed by atoms with Crippen LogP contribution in [0.25, 0.3) is 0 Å². The standard InChI is InChI=1S/C18H40NO.ClH/c1-4-5-6-7-8-9-10-11-12-13-14-15-16-17-19(2,3)18-20;/h20H,4-18H2,1-3H3;1H/q+1;/p-1. The molecule has 0 radical (unpaired) electrons. The summed E-state index contributed by atoms with van der Waals surface area (Å²) in [6.45, 7) is 3.65. The van der Waals surface area contributed by atoms with Crippen molar-refractivity contribution in [3.63, 3.8) is 0 Å². The Bertz CT molecular complexity index is 198. The summed E-state index contributed by atoms with van der Waals surface area (Å²) in [7, 11) is 4.20. The monoisotopic (exact) mass is 321 g/mol. The molecule has 0 aliphatic rings. The highest BCUT2D eigenvalue weighted by Crippen LogP contribution is 2.12. The van der Waals surface area contributed by atoms with E-state index in [1.54, 1.807) is 0 Å². The molecule has 0 rings (SSSR count). The van der Waals surface area contributed by atoms with Crippen LogP contribution in [0.3, 0.4) is 0 Å². The first kappa shape index (κ1) is 23.5. The van der Waals surface area contributed by atoms with E-state index in [0.717, 1.165) is 11.0 Å². The number of halogens is 1. The van der Waals surface area contributed by atoms with E-state index < -0.39 is 0 Å². The Labute approximate surface area is 140 Å². The molecule has 0 heterocycles. The fourth-order valence-corrected chi connectivity index (χ4v) is 2.63. The van der Waals surface area contributed by atoms with Crippen LogP contribution in [0.5, 0.6) is 0 Å². The molecule has 0 saturated heterocycles. The number of hydrogen-bond donors (Lipinski definition) is 1. The average Bonchev–Trinajstić information content (AvgIpc) is 2.44. The van der Waals surface area contributed by atoms with Crippen molar-refractivity contribution in [1.82, 2.24) is 0 Å². The molecular formula is C18H40ClNO. The Morgan fingerprint density at radius 2 is 0.952 bits per heavy atom. The third-order valence-corrected chi connectivity index (χ3v) is 4.25. The molecule has 3 heteroatoms. The van der Waals surface area contributed by atoms with Crippen molar-refractivity contribution in [3.05, 3.63) is 0 Å². The Hall–Kier alpha value is 0.210. The molecule has 0 bridgehead atoms. The van der Waals surface area contributed by atoms with Gasteiger partial charge in [0.1, 0.15) is 0 Å². The number of nitrogens with zero attached hydrogens (tertiary/aromatic N) is 1. The summed E-state index contributed by atoms with van der Waals surface area (Å²) in [5, 5.41) is 9.16. The molecule has 0 spiro atoms. The fourth-order valence-electron chi connectivity index (χ4n) is 2.63. The minimum absolute atomic E-state index is 0. The SMILES string of the molecule is CCCCCCCCCCCCCCC[N+](C)(C)CO.[Cl-]. The molecule has 0 aromatic heterocycles. The third kappa shape index (κ3) is 18.2. The Balaban J connectivity index is 0. The lowest BCUT2D eigenvalue weighted by atomic mass is 10.0. The Kier molecular flexibility index (Phi) is 18.5. The molecule has 0 aromatic carbocycles. The maximum Gasteiger partial charge on any atom is 0.179 e. The molecule has 0 aromatic rings. The van der Waals surface area contributed by atoms with E-state index in [9.17, 15) is 0 Å². The highest BCUT2D eigenvalue weighted by molar-refractivity contribution is 4.48. The zero-order chi connectivity index (χ0) is 15.1. The molecule has 0 saturated carbocycles. The summed E-state index contributed by atoms with van der Waals surface area (Å²) < 4.78 is 0.748. The minimum atomic E-state index is 0. The number of unbranched alkanes of at least 4 members (excludes halogenated alkanes) is 12. The van der Waals surface area contributed by atoms with Crippen LogP contribution in [0, 0.1) is 0 Å². The van der Waals surface area contributed by atoms with Crippen LogP contribution in [-0.2, 0) is 0 Å². The second-order valence-electron chi connectivity index (χ2n) is 7.04. The first-order valence-electron chi connectivity index (χ1n) is 9.05. The number of aliphatic hydroxyl groups is 1. The number of rotatable bonds is 15. The van der Waals surface area contributed by atoms with E-state index in [4.69, 9.17) is 5.11 Å². The summed E-state index contributed by atoms with van der Waals surface area (Å²) in [5.74, 6) is 0. The molecule has 0 fully saturated rings. The van der Waals surface area contributed by atoms with Gasteiger partial charge in [0.05, 0.1) is 20.6 Å². The normalized spacial score (nSPS) is 11.4. The number of aliphatic hydroxyl groups excluding tert-OH is 1. The van der Waals surface area contributed by atoms with Crippen molar-refractivity contribution in [3.8, 4) is 0 Å². The van der Waals surface area contributed by atoms with Crippen molar-refractivity contribution in [2.75, 3.05) is 27.4 Å². The van der Waals surface area contributed by atoms with Crippen LogP contribution in [0.1, 0.15) is 90.4 Å². The third-order valence-electron chi connectivity index (χ3n) is 4.25. The van der Waals surface area contributed by atoms with Crippen LogP contribution in [0.4, 0.5) is 0 Å². The summed E-state index contributed by atoms with van der Waals surface area (Å²) in [4.78, 5) is 0. The van der Waals surface area contributed by atoms with Gasteiger partial charge >= 0.3 is 0 Å². The van der Waals surface area contributed by atoms with E-state index in [1.165, 1.54) is 83.5 Å². The van der Waals surface area contributed by atoms with Crippen LogP contribution in [0.2, 0.25) is 0 Å². The second kappa shape index (κ2) is 16.6. The van der Waals surface area contributed by atoms with Crippen LogP contribution in [0.15, 0.2) is 0 Å². The van der Waals surface area contributed by atoms with Gasteiger partial charge in [-0.25, -0.2) is 0 Å². The summed E-state index contributed by atoms with van der Waals surface area (Å²) >= 11 is 0. The predicted octanol–water partition coefficient (Wildman–Crippen LogP) is 2.11. The van der Waals surface area contributed by atoms with Gasteiger partial charge in [0, 0.05) is 0 Å². The quantitative estimate of drug-likeness (QED) is 0.278. The van der Waals surface area contributed by atoms with Crippen molar-refractivity contribution < 1.29 is 22.0 Å². The van der Waals surface area contributed by atoms with Gasteiger partial charge in [-0.1, -0.05) is 77.6 Å². The highest BCUT2D eigenvalue weighted by Gasteiger charge is 2.11. The molecular weight excluding hydrogens is 282 g/mol. The summed E-state index contributed by atoms with van der Waals surface area (Å²) in [6, 6.07) is 0. The molecule has 0 aliphatic heterocycles. The molecule has 0 atom stereocenters. The van der Waals surface area contributed by atoms with E-state index in [2.05, 4.69) is 21.0 Å². The van der Waals surface area contributed by atoms with E-state index in [1.807, 2.05) is 0 Å². The van der Waals surface area contributed by atoms with Crippen LogP contribution in [-0.4, -0.2) is 37.0 Å². The zero-order valence-corrected chi connectivity index (χ0v) is 15.6. The zero-order valence-electron chi connectivity index (χ0n) is 14.9. The van der Waals surface area contributed by atoms with Crippen molar-refractivity contribution in [2.24, 2.45) is 0 Å². The number of quaternary nitrogens is 1. The molecule has 0 aliphatic carbocycles. The Morgan fingerprint density at radius 3 is 1.29 bits per heavy atom. The summed E-state index contributed by atoms with van der Waals surface area (Å²) in [6.07, 6.45) is 18.2. The number of hydrogen-bond acceptors (Lipinski definition) is 1. The predicted molar refractivity (Wildman–Crippen MR) is 89.8 cm³/mol. The average molecular weight is 322 g/mol. The fraction of sp³-hybridized carbons (Fsp3) is 1.00. The van der Waals surface area contributed by atoms with Gasteiger partial charge in [0.15, 0.2) is 6.73 Å². The molecule has 130 valence electrons. The second-order valence-corrected chi connectivity index (χ2v) is 7.04. The van der Waals surface area contributed by atoms with E-state index in [-0.39, 0.29) is 19.1 Å². The van der Waals surface area contributed by atoms with Gasteiger partial charge < -0.3 is 22.0 Å². The van der Waals surface area contributed by atoms with Gasteiger partial charge in [0.2, 0.25) is 0 Å². The largest absolute Gasteiger partial charge is 1.00 e. The van der Waals surface area contributed by atoms with E-state index >= 15 is 0 Å². The lowest BCUT2D eigenvalue weighted by Crippen LogP contribution is -3.00. The minimum Gasteiger partial charge on any atom is -1.00 e. The van der Waals surface area contributed by atoms with Crippen molar-refractivity contribution >= 4 is 0 Å². The van der Waals surface area contributed by atoms with Gasteiger partial charge in [-0.05, 0) is 12.8 Å². The first-order valence-corrected chi connectivity index (χ1v) is 9.05. The van der Waals surface area contributed by atoms with Crippen LogP contribution >= 0.6 is 0 Å². The first-order chi connectivity index (χ1) is 9.62. The molecule has 21 heavy (non-hydrogen) atoms. The van der Waals surface area contributed by atoms with Gasteiger partial charge in [-0.2, -0.15) is 0 Å². The lowest BCUT2D eigenvalue weighted by Gasteiger charge is -2.26. The maximum atomic E-state index is 9.16. The maximum absolute atomic E-state index is 9.16. The van der Waals surface area contributed by atoms with Crippen LogP contribution < -0.4 is 12.4 Å². The smallest absolute Gasteiger partial charge is 0.179 e. The van der Waals surface area contributed by atoms with E-state index in [0.29, 0.717) is 0 Å². The van der Waals surface area contributed by atoms with Crippen molar-refractivity contribution in [1.29, 1.82) is 0 Å².